The monoisotopic (exact) mass is 1030 g/mol. The molecule has 0 aliphatic carbocycles. The molecule has 0 bridgehead atoms. The number of halogens is 2. The van der Waals surface area contributed by atoms with Crippen LogP contribution in [0.25, 0.3) is 66.1 Å². The number of benzene rings is 6. The van der Waals surface area contributed by atoms with Crippen LogP contribution in [0.5, 0.6) is 0 Å². The first-order chi connectivity index (χ1) is 32.5. The van der Waals surface area contributed by atoms with E-state index in [4.69, 9.17) is 17.0 Å². The summed E-state index contributed by atoms with van der Waals surface area (Å²) in [6, 6.07) is 55.1. The van der Waals surface area contributed by atoms with Crippen molar-refractivity contribution < 1.29 is 20.8 Å². The predicted molar refractivity (Wildman–Crippen MR) is 303 cm³/mol. The van der Waals surface area contributed by atoms with Gasteiger partial charge in [-0.3, -0.25) is 0 Å². The van der Waals surface area contributed by atoms with Gasteiger partial charge in [-0.15, -0.1) is 56.9 Å². The molecule has 8 aromatic carbocycles. The second-order valence-corrected chi connectivity index (χ2v) is 25.3. The summed E-state index contributed by atoms with van der Waals surface area (Å²) >= 11 is -0.826. The first-order valence-corrected chi connectivity index (χ1v) is 33.2. The normalized spacial score (nSPS) is 11.3. The van der Waals surface area contributed by atoms with E-state index in [-0.39, 0.29) is 0 Å². The summed E-state index contributed by atoms with van der Waals surface area (Å²) < 4.78 is 0. The van der Waals surface area contributed by atoms with Gasteiger partial charge in [0.25, 0.3) is 0 Å². The minimum atomic E-state index is -0.826. The van der Waals surface area contributed by atoms with Gasteiger partial charge < -0.3 is 0 Å². The SMILES string of the molecule is CC(C)Cc1cc2c(-c3cc(C(C)C)cc(C(C)C)c3)c(-c3ccccc3)ccc2[cH-]1.CC(C)Cc1cc2c(-c3cc(C(C)C)cc(C(C)C)c3)c(-c3ccccc3)ccc2[cH-]1.C[Si]C.[Cl][Zr+2][Cl]. The van der Waals surface area contributed by atoms with Gasteiger partial charge in [-0.05, 0) is 104 Å². The van der Waals surface area contributed by atoms with Crippen LogP contribution in [0.1, 0.15) is 140 Å². The van der Waals surface area contributed by atoms with Crippen molar-refractivity contribution in [1.82, 2.24) is 0 Å². The van der Waals surface area contributed by atoms with Crippen molar-refractivity contribution >= 4 is 48.1 Å². The van der Waals surface area contributed by atoms with Gasteiger partial charge in [-0.25, -0.2) is 0 Å². The molecule has 0 spiro atoms. The van der Waals surface area contributed by atoms with E-state index < -0.39 is 20.8 Å². The van der Waals surface area contributed by atoms with Crippen molar-refractivity contribution in [2.75, 3.05) is 0 Å². The molecule has 8 rings (SSSR count). The zero-order chi connectivity index (χ0) is 49.7. The van der Waals surface area contributed by atoms with Crippen LogP contribution in [0.2, 0.25) is 13.1 Å². The van der Waals surface area contributed by atoms with E-state index in [1.165, 1.54) is 99.4 Å². The molecule has 0 saturated heterocycles. The standard InChI is InChI=1S/2C31H35.C2H6Si.2ClH.Zr/c2*1-20(2)14-23-15-25-12-13-29(24-10-8-7-9-11-24)31(30(25)16-23)28-18-26(21(3)4)17-27(19-28)22(5)6;1-3-2;;;/h2*7-13,15-22H,14H2,1-6H3;1-2H3;2*1H;/q2*-1;;;;+4/p-2. The van der Waals surface area contributed by atoms with Crippen molar-refractivity contribution in [3.8, 4) is 44.5 Å². The molecule has 0 fully saturated rings. The van der Waals surface area contributed by atoms with Gasteiger partial charge in [0.05, 0.1) is 0 Å². The Labute approximate surface area is 433 Å². The van der Waals surface area contributed by atoms with E-state index in [9.17, 15) is 0 Å². The maximum absolute atomic E-state index is 4.93. The van der Waals surface area contributed by atoms with Crippen LogP contribution < -0.4 is 0 Å². The van der Waals surface area contributed by atoms with E-state index in [1.54, 1.807) is 0 Å². The third kappa shape index (κ3) is 14.6. The fourth-order valence-corrected chi connectivity index (χ4v) is 9.18. The average molecular weight is 1040 g/mol. The molecule has 0 aliphatic rings. The molecule has 0 aliphatic heterocycles. The topological polar surface area (TPSA) is 0 Å². The van der Waals surface area contributed by atoms with Crippen LogP contribution in [0.3, 0.4) is 0 Å². The Bertz CT molecular complexity index is 2540. The van der Waals surface area contributed by atoms with Crippen molar-refractivity contribution in [3.63, 3.8) is 0 Å². The first kappa shape index (κ1) is 55.2. The Hall–Kier alpha value is -3.78. The van der Waals surface area contributed by atoms with Gasteiger partial charge in [-0.2, -0.15) is 12.1 Å². The molecule has 0 aromatic heterocycles. The Kier molecular flexibility index (Phi) is 21.4. The van der Waals surface area contributed by atoms with Crippen molar-refractivity contribution in [1.29, 1.82) is 0 Å². The average Bonchev–Trinajstić information content (AvgIpc) is 3.91. The van der Waals surface area contributed by atoms with Crippen LogP contribution >= 0.6 is 17.0 Å². The molecule has 0 saturated carbocycles. The summed E-state index contributed by atoms with van der Waals surface area (Å²) in [5, 5.41) is 5.47. The van der Waals surface area contributed by atoms with E-state index in [0.29, 0.717) is 35.5 Å². The van der Waals surface area contributed by atoms with Gasteiger partial charge >= 0.3 is 37.9 Å². The third-order valence-corrected chi connectivity index (χ3v) is 12.6. The van der Waals surface area contributed by atoms with Crippen molar-refractivity contribution in [2.45, 2.75) is 133 Å². The summed E-state index contributed by atoms with van der Waals surface area (Å²) in [6.07, 6.45) is 2.25. The fourth-order valence-electron chi connectivity index (χ4n) is 9.18. The van der Waals surface area contributed by atoms with E-state index in [0.717, 1.165) is 22.4 Å². The fraction of sp³-hybridized carbons (Fsp3) is 0.344. The maximum atomic E-state index is 4.93. The Balaban J connectivity index is 0.000000228. The van der Waals surface area contributed by atoms with E-state index in [2.05, 4.69) is 242 Å². The summed E-state index contributed by atoms with van der Waals surface area (Å²) in [5.74, 6) is 3.35. The molecular formula is C64H76Cl2SiZr. The Morgan fingerprint density at radius 1 is 0.412 bits per heavy atom. The van der Waals surface area contributed by atoms with Gasteiger partial charge in [0.15, 0.2) is 0 Å². The molecule has 0 heterocycles. The molecule has 68 heavy (non-hydrogen) atoms. The zero-order valence-corrected chi connectivity index (χ0v) is 48.5. The van der Waals surface area contributed by atoms with Crippen LogP contribution in [0.15, 0.2) is 146 Å². The summed E-state index contributed by atoms with van der Waals surface area (Å²) in [5.41, 5.74) is 19.2. The van der Waals surface area contributed by atoms with Crippen LogP contribution in [-0.2, 0) is 33.7 Å². The molecule has 4 heteroatoms. The Morgan fingerprint density at radius 3 is 0.971 bits per heavy atom. The molecule has 8 aromatic rings. The molecular weight excluding hydrogens is 959 g/mol. The second kappa shape index (κ2) is 26.4. The number of hydrogen-bond acceptors (Lipinski definition) is 0. The number of fused-ring (bicyclic) bond motifs is 2. The summed E-state index contributed by atoms with van der Waals surface area (Å²) in [6.45, 7) is 31.9. The van der Waals surface area contributed by atoms with Gasteiger partial charge in [0, 0.05) is 9.52 Å². The molecule has 2 radical (unpaired) electrons. The minimum absolute atomic E-state index is 0.507. The molecule has 0 N–H and O–H groups in total. The number of hydrogen-bond donors (Lipinski definition) is 0. The second-order valence-electron chi connectivity index (χ2n) is 20.6. The van der Waals surface area contributed by atoms with E-state index >= 15 is 0 Å². The number of rotatable bonds is 12. The van der Waals surface area contributed by atoms with Gasteiger partial charge in [0.1, 0.15) is 0 Å². The van der Waals surface area contributed by atoms with Crippen LogP contribution in [0.4, 0.5) is 0 Å². The van der Waals surface area contributed by atoms with Crippen LogP contribution in [0, 0.1) is 11.8 Å². The van der Waals surface area contributed by atoms with Crippen molar-refractivity contribution in [2.24, 2.45) is 11.8 Å². The molecule has 0 unspecified atom stereocenters. The molecule has 354 valence electrons. The Morgan fingerprint density at radius 2 is 0.706 bits per heavy atom. The third-order valence-electron chi connectivity index (χ3n) is 12.6. The predicted octanol–water partition coefficient (Wildman–Crippen LogP) is 20.8. The summed E-state index contributed by atoms with van der Waals surface area (Å²) in [4.78, 5) is 0. The summed E-state index contributed by atoms with van der Waals surface area (Å²) in [7, 11) is 11.0. The molecule has 0 amide bonds. The van der Waals surface area contributed by atoms with Crippen LogP contribution in [-0.4, -0.2) is 9.52 Å². The van der Waals surface area contributed by atoms with E-state index in [1.807, 2.05) is 0 Å². The molecule has 0 atom stereocenters. The van der Waals surface area contributed by atoms with Gasteiger partial charge in [0.2, 0.25) is 0 Å². The first-order valence-electron chi connectivity index (χ1n) is 24.9. The van der Waals surface area contributed by atoms with Gasteiger partial charge in [-0.1, -0.05) is 217 Å². The zero-order valence-electron chi connectivity index (χ0n) is 43.5. The quantitative estimate of drug-likeness (QED) is 0.0845. The van der Waals surface area contributed by atoms with Crippen molar-refractivity contribution in [3.05, 3.63) is 179 Å². The molecule has 0 nitrogen and oxygen atoms in total.